The van der Waals surface area contributed by atoms with Gasteiger partial charge >= 0.3 is 0 Å². The van der Waals surface area contributed by atoms with Crippen molar-refractivity contribution in [1.29, 1.82) is 0 Å². The van der Waals surface area contributed by atoms with Crippen molar-refractivity contribution in [3.8, 4) is 11.4 Å². The van der Waals surface area contributed by atoms with Crippen molar-refractivity contribution in [3.05, 3.63) is 54.1 Å². The molecular formula is C21H24N6O. The van der Waals surface area contributed by atoms with Gasteiger partial charge in [-0.25, -0.2) is 4.98 Å². The third-order valence-corrected chi connectivity index (χ3v) is 5.81. The molecule has 1 amide bonds. The van der Waals surface area contributed by atoms with Crippen molar-refractivity contribution in [3.63, 3.8) is 0 Å². The van der Waals surface area contributed by atoms with Crippen LogP contribution in [0.5, 0.6) is 0 Å². The lowest BCUT2D eigenvalue weighted by Gasteiger charge is -2.32. The van der Waals surface area contributed by atoms with Crippen LogP contribution in [-0.2, 0) is 6.54 Å². The minimum Gasteiger partial charge on any atom is -0.345 e. The van der Waals surface area contributed by atoms with E-state index in [1.165, 1.54) is 12.8 Å². The Morgan fingerprint density at radius 3 is 2.71 bits per heavy atom. The van der Waals surface area contributed by atoms with Crippen LogP contribution in [0.4, 0.5) is 0 Å². The van der Waals surface area contributed by atoms with Gasteiger partial charge in [0.15, 0.2) is 0 Å². The second-order valence-corrected chi connectivity index (χ2v) is 7.86. The standard InChI is InChI=1S/C21H24N6O/c28-21(18-4-2-1-3-17(18)20-22-9-10-23-20)26-11-7-15(8-12-26)13-27-14-19(24-25-27)16-5-6-16/h1-4,9-10,14-16H,5-8,11-13H2,(H,22,23). The highest BCUT2D eigenvalue weighted by Gasteiger charge is 2.28. The Balaban J connectivity index is 1.22. The number of hydrogen-bond donors (Lipinski definition) is 1. The van der Waals surface area contributed by atoms with E-state index in [0.29, 0.717) is 17.4 Å². The van der Waals surface area contributed by atoms with E-state index in [2.05, 4.69) is 26.5 Å². The number of H-pyrrole nitrogens is 1. The molecule has 28 heavy (non-hydrogen) atoms. The van der Waals surface area contributed by atoms with Crippen LogP contribution >= 0.6 is 0 Å². The van der Waals surface area contributed by atoms with Crippen LogP contribution in [0, 0.1) is 5.92 Å². The molecule has 2 aliphatic rings. The first-order valence-electron chi connectivity index (χ1n) is 10.1. The zero-order valence-corrected chi connectivity index (χ0v) is 15.8. The first kappa shape index (κ1) is 17.2. The Bertz CT molecular complexity index is 951. The molecule has 2 aromatic heterocycles. The molecule has 1 saturated heterocycles. The molecule has 0 radical (unpaired) electrons. The van der Waals surface area contributed by atoms with E-state index in [1.54, 1.807) is 12.4 Å². The van der Waals surface area contributed by atoms with Crippen LogP contribution in [0.1, 0.15) is 47.7 Å². The molecule has 3 heterocycles. The monoisotopic (exact) mass is 376 g/mol. The number of nitrogens with one attached hydrogen (secondary N) is 1. The SMILES string of the molecule is O=C(c1ccccc1-c1ncc[nH]1)N1CCC(Cn2cc(C3CC3)nn2)CC1. The number of piperidine rings is 1. The first-order valence-corrected chi connectivity index (χ1v) is 10.1. The third-order valence-electron chi connectivity index (χ3n) is 5.81. The number of likely N-dealkylation sites (tertiary alicyclic amines) is 1. The Labute approximate surface area is 163 Å². The van der Waals surface area contributed by atoms with Gasteiger partial charge < -0.3 is 9.88 Å². The summed E-state index contributed by atoms with van der Waals surface area (Å²) in [5.41, 5.74) is 2.71. The van der Waals surface area contributed by atoms with E-state index >= 15 is 0 Å². The van der Waals surface area contributed by atoms with Crippen molar-refractivity contribution in [2.75, 3.05) is 13.1 Å². The molecule has 7 heteroatoms. The maximum Gasteiger partial charge on any atom is 0.254 e. The molecule has 0 bridgehead atoms. The average Bonchev–Trinajstić information content (AvgIpc) is 3.24. The maximum atomic E-state index is 13.1. The van der Waals surface area contributed by atoms with Gasteiger partial charge in [-0.15, -0.1) is 5.10 Å². The summed E-state index contributed by atoms with van der Waals surface area (Å²) in [5, 5.41) is 8.59. The average molecular weight is 376 g/mol. The maximum absolute atomic E-state index is 13.1. The zero-order chi connectivity index (χ0) is 18.9. The van der Waals surface area contributed by atoms with E-state index in [-0.39, 0.29) is 5.91 Å². The van der Waals surface area contributed by atoms with Gasteiger partial charge in [0.1, 0.15) is 5.82 Å². The summed E-state index contributed by atoms with van der Waals surface area (Å²) < 4.78 is 1.99. The minimum absolute atomic E-state index is 0.0854. The van der Waals surface area contributed by atoms with E-state index in [9.17, 15) is 4.79 Å². The Morgan fingerprint density at radius 1 is 1.14 bits per heavy atom. The molecule has 1 aliphatic heterocycles. The van der Waals surface area contributed by atoms with E-state index in [0.717, 1.165) is 49.6 Å². The Kier molecular flexibility index (Phi) is 4.43. The number of aromatic nitrogens is 5. The molecule has 1 aliphatic carbocycles. The number of carbonyl (C=O) groups excluding carboxylic acids is 1. The Morgan fingerprint density at radius 2 is 1.96 bits per heavy atom. The van der Waals surface area contributed by atoms with Gasteiger partial charge in [-0.3, -0.25) is 9.48 Å². The highest BCUT2D eigenvalue weighted by atomic mass is 16.2. The van der Waals surface area contributed by atoms with Crippen LogP contribution in [-0.4, -0.2) is 48.9 Å². The molecule has 7 nitrogen and oxygen atoms in total. The lowest BCUT2D eigenvalue weighted by atomic mass is 9.95. The highest BCUT2D eigenvalue weighted by molar-refractivity contribution is 6.00. The summed E-state index contributed by atoms with van der Waals surface area (Å²) >= 11 is 0. The van der Waals surface area contributed by atoms with Crippen molar-refractivity contribution in [2.24, 2.45) is 5.92 Å². The quantitative estimate of drug-likeness (QED) is 0.742. The van der Waals surface area contributed by atoms with Crippen molar-refractivity contribution in [2.45, 2.75) is 38.1 Å². The number of nitrogens with zero attached hydrogens (tertiary/aromatic N) is 5. The first-order chi connectivity index (χ1) is 13.8. The second-order valence-electron chi connectivity index (χ2n) is 7.86. The van der Waals surface area contributed by atoms with Crippen molar-refractivity contribution < 1.29 is 4.79 Å². The minimum atomic E-state index is 0.0854. The third kappa shape index (κ3) is 3.44. The fourth-order valence-corrected chi connectivity index (χ4v) is 4.01. The molecule has 144 valence electrons. The van der Waals surface area contributed by atoms with Gasteiger partial charge in [-0.05, 0) is 37.7 Å². The number of imidazole rings is 1. The molecule has 0 unspecified atom stereocenters. The van der Waals surface area contributed by atoms with Gasteiger partial charge in [0.25, 0.3) is 5.91 Å². The summed E-state index contributed by atoms with van der Waals surface area (Å²) in [5.74, 6) is 2.00. The lowest BCUT2D eigenvalue weighted by Crippen LogP contribution is -2.39. The summed E-state index contributed by atoms with van der Waals surface area (Å²) in [6.07, 6.45) is 10.1. The summed E-state index contributed by atoms with van der Waals surface area (Å²) in [6.45, 7) is 2.45. The van der Waals surface area contributed by atoms with Gasteiger partial charge in [-0.2, -0.15) is 0 Å². The normalized spacial score (nSPS) is 17.8. The van der Waals surface area contributed by atoms with Gasteiger partial charge in [0.05, 0.1) is 11.3 Å². The molecule has 0 spiro atoms. The molecule has 1 N–H and O–H groups in total. The van der Waals surface area contributed by atoms with Crippen LogP contribution < -0.4 is 0 Å². The number of benzene rings is 1. The summed E-state index contributed by atoms with van der Waals surface area (Å²) in [7, 11) is 0. The lowest BCUT2D eigenvalue weighted by molar-refractivity contribution is 0.0681. The molecule has 1 saturated carbocycles. The number of amides is 1. The van der Waals surface area contributed by atoms with Crippen LogP contribution in [0.2, 0.25) is 0 Å². The van der Waals surface area contributed by atoms with Gasteiger partial charge in [-0.1, -0.05) is 23.4 Å². The molecule has 3 aromatic rings. The van der Waals surface area contributed by atoms with Crippen molar-refractivity contribution >= 4 is 5.91 Å². The molecule has 2 fully saturated rings. The van der Waals surface area contributed by atoms with Gasteiger partial charge in [0.2, 0.25) is 0 Å². The summed E-state index contributed by atoms with van der Waals surface area (Å²) in [6, 6.07) is 7.69. The fourth-order valence-electron chi connectivity index (χ4n) is 4.01. The number of aromatic amines is 1. The van der Waals surface area contributed by atoms with Gasteiger partial charge in [0, 0.05) is 49.7 Å². The topological polar surface area (TPSA) is 79.7 Å². The second kappa shape index (κ2) is 7.22. The van der Waals surface area contributed by atoms with Crippen molar-refractivity contribution in [1.82, 2.24) is 29.9 Å². The highest BCUT2D eigenvalue weighted by Crippen LogP contribution is 2.38. The largest absolute Gasteiger partial charge is 0.345 e. The molecule has 1 aromatic carbocycles. The molecular weight excluding hydrogens is 352 g/mol. The fraction of sp³-hybridized carbons (Fsp3) is 0.429. The van der Waals surface area contributed by atoms with Crippen LogP contribution in [0.25, 0.3) is 11.4 Å². The zero-order valence-electron chi connectivity index (χ0n) is 15.8. The number of rotatable bonds is 5. The predicted octanol–water partition coefficient (Wildman–Crippen LogP) is 3.10. The van der Waals surface area contributed by atoms with E-state index in [1.807, 2.05) is 33.8 Å². The number of carbonyl (C=O) groups is 1. The predicted molar refractivity (Wildman–Crippen MR) is 105 cm³/mol. The summed E-state index contributed by atoms with van der Waals surface area (Å²) in [4.78, 5) is 22.5. The van der Waals surface area contributed by atoms with Crippen LogP contribution in [0.3, 0.4) is 0 Å². The van der Waals surface area contributed by atoms with Crippen LogP contribution in [0.15, 0.2) is 42.9 Å². The van der Waals surface area contributed by atoms with E-state index in [4.69, 9.17) is 0 Å². The smallest absolute Gasteiger partial charge is 0.254 e. The molecule has 5 rings (SSSR count). The van der Waals surface area contributed by atoms with E-state index < -0.39 is 0 Å². The molecule has 0 atom stereocenters. The Hall–Kier alpha value is -2.96. The number of hydrogen-bond acceptors (Lipinski definition) is 4.